The van der Waals surface area contributed by atoms with Gasteiger partial charge in [0.05, 0.1) is 38.9 Å². The lowest BCUT2D eigenvalue weighted by Crippen LogP contribution is -2.73. The highest BCUT2D eigenvalue weighted by atomic mass is 16.5. The van der Waals surface area contributed by atoms with E-state index in [1.54, 1.807) is 0 Å². The molecule has 1 saturated carbocycles. The van der Waals surface area contributed by atoms with Crippen LogP contribution >= 0.6 is 0 Å². The molecule has 0 amide bonds. The molecule has 3 saturated heterocycles. The third-order valence-electron chi connectivity index (χ3n) is 18.8. The van der Waals surface area contributed by atoms with E-state index in [4.69, 9.17) is 9.72 Å². The van der Waals surface area contributed by atoms with Crippen molar-refractivity contribution in [2.45, 2.75) is 113 Å². The van der Waals surface area contributed by atoms with Crippen molar-refractivity contribution < 1.29 is 4.74 Å². The molecule has 376 valence electrons. The molecule has 1 aliphatic carbocycles. The summed E-state index contributed by atoms with van der Waals surface area (Å²) < 4.78 is 9.26. The molecule has 75 heavy (non-hydrogen) atoms. The van der Waals surface area contributed by atoms with Crippen LogP contribution in [0.5, 0.6) is 11.5 Å². The number of hydrogen-bond acceptors (Lipinski definition) is 6. The van der Waals surface area contributed by atoms with Crippen molar-refractivity contribution in [2.75, 3.05) is 30.6 Å². The summed E-state index contributed by atoms with van der Waals surface area (Å²) in [6.45, 7) is 7.44. The quantitative estimate of drug-likeness (QED) is 0.144. The molecule has 4 unspecified atom stereocenters. The Morgan fingerprint density at radius 3 is 1.64 bits per heavy atom. The van der Waals surface area contributed by atoms with Gasteiger partial charge in [0, 0.05) is 59.0 Å². The molecule has 7 aromatic carbocycles. The van der Waals surface area contributed by atoms with E-state index >= 15 is 0 Å². The summed E-state index contributed by atoms with van der Waals surface area (Å²) in [5.41, 5.74) is 13.9. The Bertz CT molecular complexity index is 3490. The summed E-state index contributed by atoms with van der Waals surface area (Å²) in [6, 6.07) is 70.0. The van der Waals surface area contributed by atoms with Crippen LogP contribution in [0, 0.1) is 0 Å². The number of aromatic nitrogens is 2. The number of likely N-dealkylation sites (N-methyl/N-ethyl adjacent to an activating group) is 2. The summed E-state index contributed by atoms with van der Waals surface area (Å²) in [4.78, 5) is 15.7. The number of anilines is 4. The minimum absolute atomic E-state index is 0.0127. The molecule has 5 aliphatic rings. The molecule has 7 heteroatoms. The van der Waals surface area contributed by atoms with Crippen molar-refractivity contribution in [1.29, 1.82) is 0 Å². The first-order chi connectivity index (χ1) is 36.7. The third kappa shape index (κ3) is 6.89. The lowest BCUT2D eigenvalue weighted by atomic mass is 9.53. The van der Waals surface area contributed by atoms with Crippen LogP contribution in [0.25, 0.3) is 27.6 Å². The number of hydrogen-bond donors (Lipinski definition) is 0. The predicted octanol–water partition coefficient (Wildman–Crippen LogP) is 15.6. The van der Waals surface area contributed by atoms with Gasteiger partial charge in [-0.1, -0.05) is 162 Å². The first-order valence-electron chi connectivity index (χ1n) is 27.8. The first kappa shape index (κ1) is 46.3. The number of nitrogens with zero attached hydrogens (tertiary/aromatic N) is 6. The summed E-state index contributed by atoms with van der Waals surface area (Å²) in [6.07, 6.45) is 11.7. The number of pyridine rings is 1. The largest absolute Gasteiger partial charge is 0.457 e. The van der Waals surface area contributed by atoms with Crippen molar-refractivity contribution in [3.8, 4) is 17.3 Å². The number of rotatable bonds is 9. The fourth-order valence-corrected chi connectivity index (χ4v) is 15.5. The molecule has 14 rings (SSSR count). The van der Waals surface area contributed by atoms with Gasteiger partial charge in [0.1, 0.15) is 24.0 Å². The van der Waals surface area contributed by atoms with Gasteiger partial charge >= 0.3 is 0 Å². The van der Waals surface area contributed by atoms with Crippen molar-refractivity contribution >= 4 is 44.6 Å². The van der Waals surface area contributed by atoms with Crippen LogP contribution < -0.4 is 14.5 Å². The third-order valence-corrected chi connectivity index (χ3v) is 18.8. The highest BCUT2D eigenvalue weighted by Gasteiger charge is 2.65. The normalized spacial score (nSPS) is 24.6. The predicted molar refractivity (Wildman–Crippen MR) is 308 cm³/mol. The van der Waals surface area contributed by atoms with Crippen LogP contribution in [0.2, 0.25) is 0 Å². The molecule has 4 bridgehead atoms. The van der Waals surface area contributed by atoms with E-state index in [9.17, 15) is 0 Å². The number of ether oxygens (including phenoxy) is 1. The van der Waals surface area contributed by atoms with E-state index in [-0.39, 0.29) is 16.2 Å². The van der Waals surface area contributed by atoms with E-state index in [0.717, 1.165) is 34.0 Å². The highest BCUT2D eigenvalue weighted by molar-refractivity contribution is 6.09. The van der Waals surface area contributed by atoms with Crippen LogP contribution in [0.15, 0.2) is 188 Å². The maximum atomic E-state index is 6.97. The lowest BCUT2D eigenvalue weighted by molar-refractivity contribution is -0.0411. The van der Waals surface area contributed by atoms with E-state index in [0.29, 0.717) is 30.8 Å². The minimum atomic E-state index is -0.176. The molecule has 4 fully saturated rings. The second-order valence-corrected chi connectivity index (χ2v) is 23.4. The Hall–Kier alpha value is -7.19. The van der Waals surface area contributed by atoms with Gasteiger partial charge in [-0.15, -0.1) is 0 Å². The number of fused-ring (bicyclic) bond motifs is 8. The summed E-state index contributed by atoms with van der Waals surface area (Å²) in [5.74, 6) is 2.49. The maximum absolute atomic E-state index is 6.97. The van der Waals surface area contributed by atoms with Gasteiger partial charge in [-0.25, -0.2) is 4.98 Å². The SMILES string of the molecule is CN1C2CCCCC1C2(c1ccccc1)c1cccc(C2(c3ccccc3)C3CCCCC2N3C)c1N1CN(c2cccc(Oc3ccc4c5ccccc5n(-c5cc(C(C)(C)C)ccn5)c4c3)c2)c2ccccc21. The zero-order valence-corrected chi connectivity index (χ0v) is 44.2. The van der Waals surface area contributed by atoms with Gasteiger partial charge in [-0.3, -0.25) is 14.4 Å². The molecule has 4 atom stereocenters. The van der Waals surface area contributed by atoms with Crippen molar-refractivity contribution in [1.82, 2.24) is 19.4 Å². The molecular weight excluding hydrogens is 917 g/mol. The second kappa shape index (κ2) is 17.7. The van der Waals surface area contributed by atoms with E-state index in [1.807, 2.05) is 6.20 Å². The average Bonchev–Trinajstić information content (AvgIpc) is 3.82. The molecular formula is C68H68N6O. The second-order valence-electron chi connectivity index (χ2n) is 23.4. The zero-order valence-electron chi connectivity index (χ0n) is 44.2. The van der Waals surface area contributed by atoms with Gasteiger partial charge in [-0.05, 0) is 128 Å². The summed E-state index contributed by atoms with van der Waals surface area (Å²) >= 11 is 0. The van der Waals surface area contributed by atoms with Crippen molar-refractivity contribution in [3.63, 3.8) is 0 Å². The number of para-hydroxylation sites is 4. The highest BCUT2D eigenvalue weighted by Crippen LogP contribution is 2.64. The Labute approximate surface area is 443 Å². The summed E-state index contributed by atoms with van der Waals surface area (Å²) in [5, 5.41) is 2.37. The van der Waals surface area contributed by atoms with Crippen LogP contribution in [0.4, 0.5) is 22.7 Å². The summed E-state index contributed by atoms with van der Waals surface area (Å²) in [7, 11) is 4.82. The molecule has 0 N–H and O–H groups in total. The zero-order chi connectivity index (χ0) is 50.6. The Morgan fingerprint density at radius 2 is 1.03 bits per heavy atom. The maximum Gasteiger partial charge on any atom is 0.137 e. The molecule has 0 spiro atoms. The topological polar surface area (TPSA) is 40.0 Å². The van der Waals surface area contributed by atoms with Crippen molar-refractivity contribution in [3.05, 3.63) is 216 Å². The smallest absolute Gasteiger partial charge is 0.137 e. The van der Waals surface area contributed by atoms with Crippen molar-refractivity contribution in [2.24, 2.45) is 0 Å². The average molecular weight is 985 g/mol. The van der Waals surface area contributed by atoms with Gasteiger partial charge < -0.3 is 14.5 Å². The monoisotopic (exact) mass is 985 g/mol. The van der Waals surface area contributed by atoms with Gasteiger partial charge in [0.2, 0.25) is 0 Å². The Kier molecular flexibility index (Phi) is 10.9. The van der Waals surface area contributed by atoms with Crippen LogP contribution in [0.3, 0.4) is 0 Å². The molecule has 0 radical (unpaired) electrons. The standard InChI is InChI=1S/C68H68N6O/c1-66(2,3)48-40-41-69-64(42-48)74-56-31-13-12-28-52(56)53-39-38-51(44-59(53)74)75-50-27-20-26-49(43-50)72-45-73(58-33-15-14-32-57(58)72)65-54(67(46-22-8-6-9-23-46)60-34-16-17-35-61(67)70(60)4)29-21-30-55(65)68(47-24-10-7-11-25-47)62-36-18-19-37-63(68)71(62)5/h6-15,20-33,38-44,60-63H,16-19,34-37,45H2,1-5H3. The fraction of sp³-hybridized carbons (Fsp3) is 0.309. The molecule has 6 heterocycles. The van der Waals surface area contributed by atoms with Crippen LogP contribution in [0.1, 0.15) is 100.0 Å². The Balaban J connectivity index is 0.913. The molecule has 9 aromatic rings. The van der Waals surface area contributed by atoms with Gasteiger partial charge in [-0.2, -0.15) is 0 Å². The number of likely N-dealkylation sites (tertiary alicyclic amines) is 1. The molecule has 4 aliphatic heterocycles. The first-order valence-corrected chi connectivity index (χ1v) is 27.8. The minimum Gasteiger partial charge on any atom is -0.457 e. The van der Waals surface area contributed by atoms with E-state index in [1.165, 1.54) is 107 Å². The van der Waals surface area contributed by atoms with E-state index in [2.05, 4.69) is 241 Å². The number of benzene rings is 7. The Morgan fingerprint density at radius 1 is 0.493 bits per heavy atom. The van der Waals surface area contributed by atoms with Gasteiger partial charge in [0.15, 0.2) is 0 Å². The lowest BCUT2D eigenvalue weighted by Gasteiger charge is -2.65. The van der Waals surface area contributed by atoms with Crippen LogP contribution in [-0.2, 0) is 16.2 Å². The van der Waals surface area contributed by atoms with E-state index < -0.39 is 0 Å². The fourth-order valence-electron chi connectivity index (χ4n) is 15.5. The molecule has 7 nitrogen and oxygen atoms in total. The van der Waals surface area contributed by atoms with Crippen LogP contribution in [-0.4, -0.2) is 64.3 Å². The molecule has 2 aromatic heterocycles. The van der Waals surface area contributed by atoms with Gasteiger partial charge in [0.25, 0.3) is 0 Å².